The third kappa shape index (κ3) is 2.82. The van der Waals surface area contributed by atoms with Crippen LogP contribution < -0.4 is 15.0 Å². The normalized spacial score (nSPS) is 22.9. The van der Waals surface area contributed by atoms with Crippen LogP contribution in [0.2, 0.25) is 0 Å². The summed E-state index contributed by atoms with van der Waals surface area (Å²) < 4.78 is 12.0. The van der Waals surface area contributed by atoms with Crippen LogP contribution in [-0.4, -0.2) is 22.5 Å². The minimum atomic E-state index is -0.929. The average Bonchev–Trinajstić information content (AvgIpc) is 3.11. The first-order valence-electron chi connectivity index (χ1n) is 9.32. The van der Waals surface area contributed by atoms with Gasteiger partial charge in [0.15, 0.2) is 0 Å². The Morgan fingerprint density at radius 2 is 2.00 bits per heavy atom. The molecule has 7 nitrogen and oxygen atoms in total. The van der Waals surface area contributed by atoms with E-state index in [0.717, 1.165) is 22.4 Å². The summed E-state index contributed by atoms with van der Waals surface area (Å²) >= 11 is 0. The van der Waals surface area contributed by atoms with Crippen molar-refractivity contribution in [3.05, 3.63) is 47.7 Å². The van der Waals surface area contributed by atoms with Gasteiger partial charge in [0.1, 0.15) is 11.3 Å². The van der Waals surface area contributed by atoms with Gasteiger partial charge in [0.2, 0.25) is 5.88 Å². The van der Waals surface area contributed by atoms with E-state index in [0.29, 0.717) is 23.9 Å². The Morgan fingerprint density at radius 3 is 2.61 bits per heavy atom. The highest BCUT2D eigenvalue weighted by Gasteiger charge is 2.45. The van der Waals surface area contributed by atoms with Crippen molar-refractivity contribution in [1.29, 1.82) is 0 Å². The molecule has 1 aromatic heterocycles. The lowest BCUT2D eigenvalue weighted by Gasteiger charge is -2.24. The highest BCUT2D eigenvalue weighted by molar-refractivity contribution is 6.22. The highest BCUT2D eigenvalue weighted by atomic mass is 16.5. The Kier molecular flexibility index (Phi) is 4.15. The topological polar surface area (TPSA) is 80.8 Å². The molecule has 1 N–H and O–H groups in total. The molecule has 1 fully saturated rings. The maximum absolute atomic E-state index is 12.4. The number of hydrogen-bond donors (Lipinski definition) is 1. The molecule has 0 saturated carbocycles. The first-order chi connectivity index (χ1) is 13.2. The Labute approximate surface area is 163 Å². The molecule has 4 rings (SSSR count). The number of aromatic nitrogens is 1. The van der Waals surface area contributed by atoms with E-state index in [1.54, 1.807) is 26.0 Å². The van der Waals surface area contributed by atoms with Crippen LogP contribution in [-0.2, 0) is 21.7 Å². The van der Waals surface area contributed by atoms with E-state index in [-0.39, 0.29) is 5.91 Å². The van der Waals surface area contributed by atoms with Crippen molar-refractivity contribution in [2.24, 2.45) is 0 Å². The predicted octanol–water partition coefficient (Wildman–Crippen LogP) is 3.86. The standard InChI is InChI=1S/C21H23N3O4/c1-5-21(4)17-13(12-27-21)7-6-8-15(17)28-16-10-9-14(11-22-16)24-18(25)20(2,3)23-19(24)26/h6-11H,5,12H2,1-4H3,(H,23,26). The molecule has 1 saturated heterocycles. The van der Waals surface area contributed by atoms with Gasteiger partial charge in [-0.05, 0) is 44.9 Å². The fourth-order valence-electron chi connectivity index (χ4n) is 3.63. The van der Waals surface area contributed by atoms with Crippen LogP contribution in [0, 0.1) is 0 Å². The summed E-state index contributed by atoms with van der Waals surface area (Å²) in [6.07, 6.45) is 2.29. The van der Waals surface area contributed by atoms with Crippen molar-refractivity contribution in [2.45, 2.75) is 51.9 Å². The number of carbonyl (C=O) groups excluding carboxylic acids is 2. The molecular weight excluding hydrogens is 358 g/mol. The number of imide groups is 1. The van der Waals surface area contributed by atoms with E-state index >= 15 is 0 Å². The molecule has 0 bridgehead atoms. The van der Waals surface area contributed by atoms with E-state index in [1.807, 2.05) is 18.2 Å². The number of rotatable bonds is 4. The molecule has 2 aliphatic rings. The molecule has 0 radical (unpaired) electrons. The number of ether oxygens (including phenoxy) is 2. The number of hydrogen-bond acceptors (Lipinski definition) is 5. The zero-order valence-electron chi connectivity index (χ0n) is 16.4. The lowest BCUT2D eigenvalue weighted by molar-refractivity contribution is -0.121. The molecule has 7 heteroatoms. The van der Waals surface area contributed by atoms with Crippen LogP contribution in [0.25, 0.3) is 0 Å². The molecule has 3 heterocycles. The van der Waals surface area contributed by atoms with Crippen molar-refractivity contribution in [3.63, 3.8) is 0 Å². The van der Waals surface area contributed by atoms with Crippen LogP contribution in [0.5, 0.6) is 11.6 Å². The molecule has 1 atom stereocenters. The average molecular weight is 381 g/mol. The number of fused-ring (bicyclic) bond motifs is 1. The first-order valence-corrected chi connectivity index (χ1v) is 9.32. The summed E-state index contributed by atoms with van der Waals surface area (Å²) in [6, 6.07) is 8.72. The molecule has 1 aromatic carbocycles. The molecule has 0 aliphatic carbocycles. The molecule has 3 amide bonds. The van der Waals surface area contributed by atoms with Crippen molar-refractivity contribution in [2.75, 3.05) is 4.90 Å². The number of pyridine rings is 1. The second-order valence-corrected chi connectivity index (χ2v) is 7.82. The number of amides is 3. The van der Waals surface area contributed by atoms with E-state index in [1.165, 1.54) is 6.20 Å². The molecule has 0 spiro atoms. The minimum Gasteiger partial charge on any atom is -0.439 e. The van der Waals surface area contributed by atoms with Gasteiger partial charge in [0.25, 0.3) is 5.91 Å². The number of carbonyl (C=O) groups is 2. The largest absolute Gasteiger partial charge is 0.439 e. The van der Waals surface area contributed by atoms with Crippen LogP contribution in [0.3, 0.4) is 0 Å². The quantitative estimate of drug-likeness (QED) is 0.814. The van der Waals surface area contributed by atoms with Gasteiger partial charge in [0.05, 0.1) is 24.1 Å². The van der Waals surface area contributed by atoms with Gasteiger partial charge in [0, 0.05) is 11.6 Å². The van der Waals surface area contributed by atoms with Gasteiger partial charge >= 0.3 is 6.03 Å². The predicted molar refractivity (Wildman–Crippen MR) is 103 cm³/mol. The molecular formula is C21H23N3O4. The number of anilines is 1. The summed E-state index contributed by atoms with van der Waals surface area (Å²) in [4.78, 5) is 29.9. The SMILES string of the molecule is CCC1(C)OCc2cccc(Oc3ccc(N4C(=O)NC(C)(C)C4=O)cn3)c21. The van der Waals surface area contributed by atoms with Crippen LogP contribution in [0.4, 0.5) is 10.5 Å². The molecule has 2 aromatic rings. The van der Waals surface area contributed by atoms with Gasteiger partial charge in [-0.2, -0.15) is 0 Å². The Morgan fingerprint density at radius 1 is 1.21 bits per heavy atom. The number of nitrogens with one attached hydrogen (secondary N) is 1. The van der Waals surface area contributed by atoms with E-state index in [4.69, 9.17) is 9.47 Å². The maximum Gasteiger partial charge on any atom is 0.329 e. The number of urea groups is 1. The molecule has 2 aliphatic heterocycles. The first kappa shape index (κ1) is 18.4. The maximum atomic E-state index is 12.4. The second-order valence-electron chi connectivity index (χ2n) is 7.82. The highest BCUT2D eigenvalue weighted by Crippen LogP contribution is 2.45. The van der Waals surface area contributed by atoms with Gasteiger partial charge in [-0.1, -0.05) is 19.1 Å². The minimum absolute atomic E-state index is 0.315. The number of nitrogens with zero attached hydrogens (tertiary/aromatic N) is 2. The van der Waals surface area contributed by atoms with Crippen LogP contribution in [0.15, 0.2) is 36.5 Å². The molecule has 1 unspecified atom stereocenters. The van der Waals surface area contributed by atoms with Crippen LogP contribution in [0.1, 0.15) is 45.2 Å². The Balaban J connectivity index is 1.60. The van der Waals surface area contributed by atoms with Gasteiger partial charge in [-0.3, -0.25) is 4.79 Å². The van der Waals surface area contributed by atoms with Gasteiger partial charge in [-0.15, -0.1) is 0 Å². The molecule has 146 valence electrons. The second kappa shape index (κ2) is 6.31. The van der Waals surface area contributed by atoms with Crippen LogP contribution >= 0.6 is 0 Å². The summed E-state index contributed by atoms with van der Waals surface area (Å²) in [7, 11) is 0. The van der Waals surface area contributed by atoms with E-state index in [9.17, 15) is 9.59 Å². The third-order valence-electron chi connectivity index (χ3n) is 5.42. The lowest BCUT2D eigenvalue weighted by Crippen LogP contribution is -2.40. The molecule has 28 heavy (non-hydrogen) atoms. The van der Waals surface area contributed by atoms with Crippen molar-refractivity contribution >= 4 is 17.6 Å². The van der Waals surface area contributed by atoms with Gasteiger partial charge in [-0.25, -0.2) is 14.7 Å². The Bertz CT molecular complexity index is 955. The fraction of sp³-hybridized carbons (Fsp3) is 0.381. The zero-order chi connectivity index (χ0) is 20.1. The van der Waals surface area contributed by atoms with Crippen molar-refractivity contribution in [1.82, 2.24) is 10.3 Å². The van der Waals surface area contributed by atoms with E-state index in [2.05, 4.69) is 24.1 Å². The fourth-order valence-corrected chi connectivity index (χ4v) is 3.63. The monoisotopic (exact) mass is 381 g/mol. The third-order valence-corrected chi connectivity index (χ3v) is 5.42. The lowest BCUT2D eigenvalue weighted by atomic mass is 9.91. The van der Waals surface area contributed by atoms with Crippen molar-refractivity contribution < 1.29 is 19.1 Å². The van der Waals surface area contributed by atoms with E-state index < -0.39 is 17.2 Å². The summed E-state index contributed by atoms with van der Waals surface area (Å²) in [6.45, 7) is 8.03. The smallest absolute Gasteiger partial charge is 0.329 e. The summed E-state index contributed by atoms with van der Waals surface area (Å²) in [5, 5.41) is 2.65. The van der Waals surface area contributed by atoms with Crippen molar-refractivity contribution in [3.8, 4) is 11.6 Å². The Hall–Kier alpha value is -2.93. The van der Waals surface area contributed by atoms with Gasteiger partial charge < -0.3 is 14.8 Å². The summed E-state index contributed by atoms with van der Waals surface area (Å²) in [5.41, 5.74) is 1.23. The zero-order valence-corrected chi connectivity index (χ0v) is 16.4. The number of benzene rings is 1. The summed E-state index contributed by atoms with van der Waals surface area (Å²) in [5.74, 6) is 0.772.